The minimum absolute atomic E-state index is 0.163. The number of nitrogens with one attached hydrogen (secondary N) is 2. The van der Waals surface area contributed by atoms with Crippen molar-refractivity contribution < 1.29 is 4.79 Å². The fourth-order valence-electron chi connectivity index (χ4n) is 2.22. The van der Waals surface area contributed by atoms with E-state index in [9.17, 15) is 4.79 Å². The number of aromatic amines is 1. The highest BCUT2D eigenvalue weighted by molar-refractivity contribution is 5.94. The summed E-state index contributed by atoms with van der Waals surface area (Å²) in [4.78, 5) is 16.7. The Hall–Kier alpha value is -3.03. The van der Waals surface area contributed by atoms with Crippen molar-refractivity contribution in [3.8, 4) is 5.69 Å². The molecule has 0 aliphatic carbocycles. The highest BCUT2D eigenvalue weighted by Crippen LogP contribution is 2.14. The van der Waals surface area contributed by atoms with Gasteiger partial charge >= 0.3 is 0 Å². The summed E-state index contributed by atoms with van der Waals surface area (Å²) in [5.74, 6) is 1.16. The molecule has 118 valence electrons. The molecule has 0 aliphatic heterocycles. The molecule has 0 saturated carbocycles. The van der Waals surface area contributed by atoms with Crippen molar-refractivity contribution in [2.45, 2.75) is 26.3 Å². The maximum Gasteiger partial charge on any atom is 0.251 e. The summed E-state index contributed by atoms with van der Waals surface area (Å²) < 4.78 is 1.63. The molecule has 1 amide bonds. The van der Waals surface area contributed by atoms with Gasteiger partial charge in [0.2, 0.25) is 0 Å². The van der Waals surface area contributed by atoms with Gasteiger partial charge in [0.15, 0.2) is 5.82 Å². The average molecular weight is 311 g/mol. The lowest BCUT2D eigenvalue weighted by Gasteiger charge is -2.13. The van der Waals surface area contributed by atoms with Crippen LogP contribution in [0.15, 0.2) is 36.7 Å². The second kappa shape index (κ2) is 6.39. The van der Waals surface area contributed by atoms with Crippen LogP contribution in [0.5, 0.6) is 0 Å². The zero-order valence-electron chi connectivity index (χ0n) is 12.9. The molecule has 23 heavy (non-hydrogen) atoms. The Balaban J connectivity index is 1.72. The van der Waals surface area contributed by atoms with E-state index in [4.69, 9.17) is 0 Å². The molecule has 1 unspecified atom stereocenters. The molecule has 0 aliphatic rings. The Morgan fingerprint density at radius 1 is 1.35 bits per heavy atom. The molecule has 0 saturated heterocycles. The molecular weight excluding hydrogens is 294 g/mol. The maximum absolute atomic E-state index is 12.4. The second-order valence-electron chi connectivity index (χ2n) is 5.11. The third-order valence-corrected chi connectivity index (χ3v) is 3.46. The van der Waals surface area contributed by atoms with Gasteiger partial charge in [-0.15, -0.1) is 5.10 Å². The van der Waals surface area contributed by atoms with E-state index >= 15 is 0 Å². The van der Waals surface area contributed by atoms with E-state index in [0.29, 0.717) is 17.8 Å². The Bertz CT molecular complexity index is 777. The van der Waals surface area contributed by atoms with Crippen molar-refractivity contribution in [3.05, 3.63) is 53.9 Å². The number of aromatic nitrogens is 6. The van der Waals surface area contributed by atoms with Gasteiger partial charge < -0.3 is 5.32 Å². The molecule has 2 heterocycles. The molecule has 1 aromatic carbocycles. The Morgan fingerprint density at radius 3 is 2.70 bits per heavy atom. The monoisotopic (exact) mass is 311 g/mol. The second-order valence-corrected chi connectivity index (χ2v) is 5.11. The topological polar surface area (TPSA) is 101 Å². The van der Waals surface area contributed by atoms with E-state index in [1.54, 1.807) is 29.2 Å². The van der Waals surface area contributed by atoms with Crippen molar-refractivity contribution in [1.82, 2.24) is 35.5 Å². The SMILES string of the molecule is CCC(NC(=O)c1ccc(-n2ccnn2)cc1)c1n[nH]c(C)n1. The molecular formula is C15H17N7O. The zero-order chi connectivity index (χ0) is 16.2. The van der Waals surface area contributed by atoms with Crippen LogP contribution in [0, 0.1) is 6.92 Å². The van der Waals surface area contributed by atoms with Crippen LogP contribution < -0.4 is 5.32 Å². The summed E-state index contributed by atoms with van der Waals surface area (Å²) in [5, 5.41) is 17.5. The summed E-state index contributed by atoms with van der Waals surface area (Å²) in [6.45, 7) is 3.80. The minimum Gasteiger partial charge on any atom is -0.342 e. The van der Waals surface area contributed by atoms with Gasteiger partial charge in [0.1, 0.15) is 5.82 Å². The maximum atomic E-state index is 12.4. The third-order valence-electron chi connectivity index (χ3n) is 3.46. The smallest absolute Gasteiger partial charge is 0.251 e. The van der Waals surface area contributed by atoms with Crippen LogP contribution in [0.1, 0.15) is 41.4 Å². The number of rotatable bonds is 5. The lowest BCUT2D eigenvalue weighted by atomic mass is 10.1. The van der Waals surface area contributed by atoms with Gasteiger partial charge in [-0.1, -0.05) is 12.1 Å². The van der Waals surface area contributed by atoms with Crippen LogP contribution in [0.2, 0.25) is 0 Å². The van der Waals surface area contributed by atoms with Gasteiger partial charge in [0.25, 0.3) is 5.91 Å². The van der Waals surface area contributed by atoms with E-state index in [1.165, 1.54) is 0 Å². The van der Waals surface area contributed by atoms with Crippen LogP contribution in [0.3, 0.4) is 0 Å². The number of carbonyl (C=O) groups is 1. The van der Waals surface area contributed by atoms with Crippen molar-refractivity contribution in [2.24, 2.45) is 0 Å². The van der Waals surface area contributed by atoms with E-state index < -0.39 is 0 Å². The predicted molar refractivity (Wildman–Crippen MR) is 83.0 cm³/mol. The van der Waals surface area contributed by atoms with Gasteiger partial charge in [-0.25, -0.2) is 9.67 Å². The highest BCUT2D eigenvalue weighted by atomic mass is 16.1. The van der Waals surface area contributed by atoms with Gasteiger partial charge in [-0.3, -0.25) is 9.89 Å². The molecule has 0 bridgehead atoms. The number of hydrogen-bond acceptors (Lipinski definition) is 5. The lowest BCUT2D eigenvalue weighted by Crippen LogP contribution is -2.29. The largest absolute Gasteiger partial charge is 0.342 e. The van der Waals surface area contributed by atoms with Crippen molar-refractivity contribution in [2.75, 3.05) is 0 Å². The molecule has 8 heteroatoms. The number of carbonyl (C=O) groups excluding carboxylic acids is 1. The average Bonchev–Trinajstić information content (AvgIpc) is 3.24. The van der Waals surface area contributed by atoms with Crippen molar-refractivity contribution >= 4 is 5.91 Å². The van der Waals surface area contributed by atoms with Gasteiger partial charge in [0.05, 0.1) is 24.1 Å². The quantitative estimate of drug-likeness (QED) is 0.745. The van der Waals surface area contributed by atoms with Gasteiger partial charge in [-0.2, -0.15) is 5.10 Å². The Morgan fingerprint density at radius 2 is 2.13 bits per heavy atom. The Labute approximate surface area is 132 Å². The molecule has 8 nitrogen and oxygen atoms in total. The first kappa shape index (κ1) is 14.9. The zero-order valence-corrected chi connectivity index (χ0v) is 12.9. The fourth-order valence-corrected chi connectivity index (χ4v) is 2.22. The number of nitrogens with zero attached hydrogens (tertiary/aromatic N) is 5. The highest BCUT2D eigenvalue weighted by Gasteiger charge is 2.17. The predicted octanol–water partition coefficient (Wildman–Crippen LogP) is 1.57. The first-order valence-corrected chi connectivity index (χ1v) is 7.34. The molecule has 0 spiro atoms. The van der Waals surface area contributed by atoms with Gasteiger partial charge in [0, 0.05) is 5.56 Å². The van der Waals surface area contributed by atoms with E-state index in [0.717, 1.165) is 11.5 Å². The van der Waals surface area contributed by atoms with E-state index in [-0.39, 0.29) is 11.9 Å². The van der Waals surface area contributed by atoms with E-state index in [2.05, 4.69) is 30.8 Å². The van der Waals surface area contributed by atoms with E-state index in [1.807, 2.05) is 26.0 Å². The standard InChI is InChI=1S/C15H17N7O/c1-3-13(14-17-10(2)19-20-14)18-15(23)11-4-6-12(7-5-11)22-9-8-16-21-22/h4-9,13H,3H2,1-2H3,(H,18,23)(H,17,19,20). The summed E-state index contributed by atoms with van der Waals surface area (Å²) in [5.41, 5.74) is 1.41. The van der Waals surface area contributed by atoms with Crippen LogP contribution in [0.25, 0.3) is 5.69 Å². The molecule has 3 rings (SSSR count). The molecule has 3 aromatic rings. The Kier molecular flexibility index (Phi) is 4.13. The molecule has 0 fully saturated rings. The van der Waals surface area contributed by atoms with Crippen LogP contribution >= 0.6 is 0 Å². The van der Waals surface area contributed by atoms with Crippen LogP contribution in [0.4, 0.5) is 0 Å². The molecule has 0 radical (unpaired) electrons. The normalized spacial score (nSPS) is 12.1. The van der Waals surface area contributed by atoms with Gasteiger partial charge in [-0.05, 0) is 37.6 Å². The first-order chi connectivity index (χ1) is 11.2. The molecule has 2 aromatic heterocycles. The summed E-state index contributed by atoms with van der Waals surface area (Å²) >= 11 is 0. The minimum atomic E-state index is -0.220. The van der Waals surface area contributed by atoms with Crippen LogP contribution in [-0.4, -0.2) is 36.1 Å². The number of amides is 1. The summed E-state index contributed by atoms with van der Waals surface area (Å²) in [6, 6.07) is 6.93. The van der Waals surface area contributed by atoms with Crippen molar-refractivity contribution in [1.29, 1.82) is 0 Å². The number of hydrogen-bond donors (Lipinski definition) is 2. The number of H-pyrrole nitrogens is 1. The first-order valence-electron chi connectivity index (χ1n) is 7.34. The summed E-state index contributed by atoms with van der Waals surface area (Å²) in [7, 11) is 0. The fraction of sp³-hybridized carbons (Fsp3) is 0.267. The molecule has 1 atom stereocenters. The summed E-state index contributed by atoms with van der Waals surface area (Å²) in [6.07, 6.45) is 4.05. The van der Waals surface area contributed by atoms with Crippen molar-refractivity contribution in [3.63, 3.8) is 0 Å². The number of aryl methyl sites for hydroxylation is 1. The lowest BCUT2D eigenvalue weighted by molar-refractivity contribution is 0.0934. The molecule has 2 N–H and O–H groups in total. The van der Waals surface area contributed by atoms with Crippen LogP contribution in [-0.2, 0) is 0 Å². The third kappa shape index (κ3) is 3.25. The number of benzene rings is 1.